The van der Waals surface area contributed by atoms with Gasteiger partial charge in [-0.25, -0.2) is 0 Å². The number of ether oxygens (including phenoxy) is 1. The van der Waals surface area contributed by atoms with Crippen LogP contribution in [0.3, 0.4) is 0 Å². The van der Waals surface area contributed by atoms with E-state index in [1.54, 1.807) is 11.1 Å². The summed E-state index contributed by atoms with van der Waals surface area (Å²) in [7, 11) is 1.81. The maximum Gasteiger partial charge on any atom is 0.191 e. The van der Waals surface area contributed by atoms with Crippen molar-refractivity contribution in [2.24, 2.45) is 22.2 Å². The summed E-state index contributed by atoms with van der Waals surface area (Å²) in [5.74, 6) is 3.40. The highest BCUT2D eigenvalue weighted by molar-refractivity contribution is 5.79. The van der Waals surface area contributed by atoms with Crippen LogP contribution in [0.25, 0.3) is 0 Å². The number of nitrogens with one attached hydrogen (secondary N) is 2. The Hall–Kier alpha value is -1.55. The van der Waals surface area contributed by atoms with Gasteiger partial charge in [0.15, 0.2) is 5.96 Å². The molecule has 0 saturated heterocycles. The summed E-state index contributed by atoms with van der Waals surface area (Å²) in [6, 6.07) is 9.00. The van der Waals surface area contributed by atoms with E-state index in [4.69, 9.17) is 9.73 Å². The summed E-state index contributed by atoms with van der Waals surface area (Å²) in [4.78, 5) is 5.00. The second kappa shape index (κ2) is 8.22. The molecule has 1 aromatic rings. The first-order valence-corrected chi connectivity index (χ1v) is 10.9. The van der Waals surface area contributed by atoms with Crippen molar-refractivity contribution in [1.82, 2.24) is 10.6 Å². The molecule has 0 radical (unpaired) electrons. The molecule has 4 heteroatoms. The number of hydrogen-bond acceptors (Lipinski definition) is 2. The average molecular weight is 370 g/mol. The van der Waals surface area contributed by atoms with Gasteiger partial charge in [-0.2, -0.15) is 0 Å². The highest BCUT2D eigenvalue weighted by Crippen LogP contribution is 2.60. The van der Waals surface area contributed by atoms with Crippen molar-refractivity contribution >= 4 is 5.96 Å². The molecule has 0 amide bonds. The fourth-order valence-electron chi connectivity index (χ4n) is 5.50. The fraction of sp³-hybridized carbons (Fsp3) is 0.696. The summed E-state index contributed by atoms with van der Waals surface area (Å²) in [5, 5.41) is 7.10. The lowest BCUT2D eigenvalue weighted by Gasteiger charge is -2.27. The van der Waals surface area contributed by atoms with Crippen molar-refractivity contribution in [3.63, 3.8) is 0 Å². The number of guanidine groups is 1. The number of benzene rings is 1. The highest BCUT2D eigenvalue weighted by atomic mass is 16.5. The molecule has 0 aliphatic heterocycles. The van der Waals surface area contributed by atoms with Crippen LogP contribution in [0.15, 0.2) is 29.3 Å². The molecule has 0 aromatic heterocycles. The SMILES string of the molecule is CCNC(=NCC1(CCOC)CCCC1)NCC1C2Cc3ccccc3C12. The molecule has 0 heterocycles. The van der Waals surface area contributed by atoms with Crippen LogP contribution >= 0.6 is 0 Å². The van der Waals surface area contributed by atoms with Gasteiger partial charge >= 0.3 is 0 Å². The van der Waals surface area contributed by atoms with Crippen molar-refractivity contribution in [1.29, 1.82) is 0 Å². The van der Waals surface area contributed by atoms with Gasteiger partial charge in [-0.1, -0.05) is 37.1 Å². The zero-order valence-electron chi connectivity index (χ0n) is 17.0. The summed E-state index contributed by atoms with van der Waals surface area (Å²) in [6.07, 6.45) is 7.67. The third-order valence-electron chi connectivity index (χ3n) is 7.12. The van der Waals surface area contributed by atoms with Gasteiger partial charge < -0.3 is 15.4 Å². The first-order chi connectivity index (χ1) is 13.3. The topological polar surface area (TPSA) is 45.7 Å². The van der Waals surface area contributed by atoms with E-state index < -0.39 is 0 Å². The summed E-state index contributed by atoms with van der Waals surface area (Å²) < 4.78 is 5.36. The first kappa shape index (κ1) is 18.8. The van der Waals surface area contributed by atoms with Crippen LogP contribution in [0.2, 0.25) is 0 Å². The van der Waals surface area contributed by atoms with Crippen LogP contribution in [0.4, 0.5) is 0 Å². The monoisotopic (exact) mass is 369 g/mol. The molecule has 27 heavy (non-hydrogen) atoms. The van der Waals surface area contributed by atoms with E-state index in [0.717, 1.165) is 56.4 Å². The third kappa shape index (κ3) is 4.01. The molecule has 2 saturated carbocycles. The molecule has 4 nitrogen and oxygen atoms in total. The van der Waals surface area contributed by atoms with Crippen LogP contribution in [0, 0.1) is 17.3 Å². The van der Waals surface area contributed by atoms with Crippen LogP contribution in [0.5, 0.6) is 0 Å². The normalized spacial score (nSPS) is 27.9. The molecule has 148 valence electrons. The van der Waals surface area contributed by atoms with E-state index in [2.05, 4.69) is 41.8 Å². The molecule has 3 aliphatic carbocycles. The Bertz CT molecular complexity index is 665. The molecule has 2 fully saturated rings. The lowest BCUT2D eigenvalue weighted by atomic mass is 9.83. The number of methoxy groups -OCH3 is 1. The Morgan fingerprint density at radius 3 is 2.81 bits per heavy atom. The van der Waals surface area contributed by atoms with Gasteiger partial charge in [0.2, 0.25) is 0 Å². The Morgan fingerprint density at radius 2 is 2.04 bits per heavy atom. The van der Waals surface area contributed by atoms with E-state index in [1.807, 2.05) is 7.11 Å². The smallest absolute Gasteiger partial charge is 0.191 e. The van der Waals surface area contributed by atoms with Crippen molar-refractivity contribution in [2.75, 3.05) is 33.4 Å². The minimum Gasteiger partial charge on any atom is -0.385 e. The number of nitrogens with zero attached hydrogens (tertiary/aromatic N) is 1. The predicted molar refractivity (Wildman–Crippen MR) is 111 cm³/mol. The summed E-state index contributed by atoms with van der Waals surface area (Å²) in [6.45, 7) is 5.88. The minimum absolute atomic E-state index is 0.355. The molecule has 4 rings (SSSR count). The number of rotatable bonds is 8. The molecule has 0 bridgehead atoms. The standard InChI is InChI=1S/C23H35N3O/c1-3-24-22(26-16-23(12-13-27-2)10-6-7-11-23)25-15-20-19-14-17-8-4-5-9-18(17)21(19)20/h4-5,8-9,19-21H,3,6-7,10-16H2,1-2H3,(H2,24,25,26). The highest BCUT2D eigenvalue weighted by Gasteiger charge is 2.54. The van der Waals surface area contributed by atoms with E-state index in [9.17, 15) is 0 Å². The molecule has 3 atom stereocenters. The maximum atomic E-state index is 5.36. The largest absolute Gasteiger partial charge is 0.385 e. The Morgan fingerprint density at radius 1 is 1.22 bits per heavy atom. The zero-order valence-corrected chi connectivity index (χ0v) is 17.0. The molecule has 0 spiro atoms. The lowest BCUT2D eigenvalue weighted by molar-refractivity contribution is 0.141. The average Bonchev–Trinajstić information content (AvgIpc) is 3.03. The van der Waals surface area contributed by atoms with Crippen LogP contribution in [0.1, 0.15) is 56.1 Å². The van der Waals surface area contributed by atoms with Crippen molar-refractivity contribution < 1.29 is 4.74 Å². The summed E-state index contributed by atoms with van der Waals surface area (Å²) in [5.41, 5.74) is 3.53. The molecule has 3 aliphatic rings. The third-order valence-corrected chi connectivity index (χ3v) is 7.12. The predicted octanol–water partition coefficient (Wildman–Crippen LogP) is 3.72. The minimum atomic E-state index is 0.355. The van der Waals surface area contributed by atoms with Crippen LogP contribution in [-0.4, -0.2) is 39.3 Å². The van der Waals surface area contributed by atoms with Crippen molar-refractivity contribution in [3.8, 4) is 0 Å². The van der Waals surface area contributed by atoms with Crippen molar-refractivity contribution in [3.05, 3.63) is 35.4 Å². The fourth-order valence-corrected chi connectivity index (χ4v) is 5.50. The molecule has 1 aromatic carbocycles. The van der Waals surface area contributed by atoms with Gasteiger partial charge in [-0.05, 0) is 66.9 Å². The Balaban J connectivity index is 1.33. The van der Waals surface area contributed by atoms with Gasteiger partial charge in [0.25, 0.3) is 0 Å². The summed E-state index contributed by atoms with van der Waals surface area (Å²) >= 11 is 0. The quantitative estimate of drug-likeness (QED) is 0.542. The van der Waals surface area contributed by atoms with E-state index in [-0.39, 0.29) is 0 Å². The van der Waals surface area contributed by atoms with Crippen LogP contribution < -0.4 is 10.6 Å². The molecular formula is C23H35N3O. The van der Waals surface area contributed by atoms with Gasteiger partial charge in [-0.15, -0.1) is 0 Å². The van der Waals surface area contributed by atoms with E-state index in [1.165, 1.54) is 32.1 Å². The Kier molecular flexibility index (Phi) is 5.72. The zero-order chi connectivity index (χ0) is 18.7. The molecular weight excluding hydrogens is 334 g/mol. The molecule has 2 N–H and O–H groups in total. The van der Waals surface area contributed by atoms with Gasteiger partial charge in [0.1, 0.15) is 0 Å². The van der Waals surface area contributed by atoms with Crippen LogP contribution in [-0.2, 0) is 11.2 Å². The first-order valence-electron chi connectivity index (χ1n) is 10.9. The van der Waals surface area contributed by atoms with Gasteiger partial charge in [0, 0.05) is 33.4 Å². The maximum absolute atomic E-state index is 5.36. The van der Waals surface area contributed by atoms with Crippen molar-refractivity contribution in [2.45, 2.75) is 51.4 Å². The van der Waals surface area contributed by atoms with E-state index in [0.29, 0.717) is 5.41 Å². The number of hydrogen-bond donors (Lipinski definition) is 2. The lowest BCUT2D eigenvalue weighted by Crippen LogP contribution is -2.39. The second-order valence-electron chi connectivity index (χ2n) is 8.78. The number of fused-ring (bicyclic) bond motifs is 3. The Labute approximate surface area is 164 Å². The number of aliphatic imine (C=N–C) groups is 1. The van der Waals surface area contributed by atoms with E-state index >= 15 is 0 Å². The molecule has 3 unspecified atom stereocenters. The second-order valence-corrected chi connectivity index (χ2v) is 8.78. The van der Waals surface area contributed by atoms with Gasteiger partial charge in [-0.3, -0.25) is 4.99 Å². The van der Waals surface area contributed by atoms with Gasteiger partial charge in [0.05, 0.1) is 0 Å².